The Kier molecular flexibility index (Phi) is 6.96. The van der Waals surface area contributed by atoms with E-state index in [1.807, 2.05) is 12.1 Å². The van der Waals surface area contributed by atoms with Crippen LogP contribution in [0.5, 0.6) is 11.5 Å². The van der Waals surface area contributed by atoms with Gasteiger partial charge in [-0.3, -0.25) is 0 Å². The molecular weight excluding hydrogens is 326 g/mol. The Labute approximate surface area is 150 Å². The average Bonchev–Trinajstić information content (AvgIpc) is 2.59. The van der Waals surface area contributed by atoms with Crippen molar-refractivity contribution in [2.24, 2.45) is 5.92 Å². The van der Waals surface area contributed by atoms with Gasteiger partial charge in [-0.15, -0.1) is 19.0 Å². The predicted molar refractivity (Wildman–Crippen MR) is 98.0 cm³/mol. The fourth-order valence-electron chi connectivity index (χ4n) is 3.95. The molecule has 0 bridgehead atoms. The molecule has 134 valence electrons. The predicted octanol–water partition coefficient (Wildman–Crippen LogP) is 3.86. The molecule has 4 nitrogen and oxygen atoms in total. The average molecular weight is 354 g/mol. The minimum atomic E-state index is -0.0860. The summed E-state index contributed by atoms with van der Waals surface area (Å²) in [5, 5.41) is 23.5. The number of nitrogens with one attached hydrogen (secondary N) is 1. The number of halogens is 1. The Bertz CT molecular complexity index is 558. The fourth-order valence-corrected chi connectivity index (χ4v) is 3.95. The van der Waals surface area contributed by atoms with Gasteiger partial charge in [-0.2, -0.15) is 0 Å². The first-order chi connectivity index (χ1) is 11.2. The third-order valence-electron chi connectivity index (χ3n) is 5.18. The molecule has 1 aromatic rings. The van der Waals surface area contributed by atoms with Gasteiger partial charge < -0.3 is 20.3 Å². The molecule has 0 unspecified atom stereocenters. The highest BCUT2D eigenvalue weighted by molar-refractivity contribution is 5.85. The minimum Gasteiger partial charge on any atom is -0.504 e. The van der Waals surface area contributed by atoms with Crippen LogP contribution in [-0.4, -0.2) is 29.4 Å². The summed E-state index contributed by atoms with van der Waals surface area (Å²) in [6.45, 7) is 5.14. The molecule has 24 heavy (non-hydrogen) atoms. The van der Waals surface area contributed by atoms with Gasteiger partial charge in [0, 0.05) is 25.1 Å². The van der Waals surface area contributed by atoms with Gasteiger partial charge in [-0.1, -0.05) is 31.4 Å². The second-order valence-corrected chi connectivity index (χ2v) is 6.71. The maximum atomic E-state index is 10.3. The molecule has 5 heteroatoms. The molecule has 3 rings (SSSR count). The van der Waals surface area contributed by atoms with Crippen molar-refractivity contribution in [3.05, 3.63) is 35.9 Å². The van der Waals surface area contributed by atoms with Crippen LogP contribution < -0.4 is 5.32 Å². The molecule has 1 heterocycles. The number of ether oxygens (including phenoxy) is 1. The summed E-state index contributed by atoms with van der Waals surface area (Å²) < 4.78 is 6.40. The van der Waals surface area contributed by atoms with Crippen LogP contribution in [0.15, 0.2) is 24.8 Å². The first-order valence-corrected chi connectivity index (χ1v) is 8.71. The maximum absolute atomic E-state index is 10.3. The van der Waals surface area contributed by atoms with Crippen molar-refractivity contribution in [1.82, 2.24) is 5.32 Å². The maximum Gasteiger partial charge on any atom is 0.161 e. The summed E-state index contributed by atoms with van der Waals surface area (Å²) in [5.74, 6) is 0.548. The molecule has 1 saturated carbocycles. The van der Waals surface area contributed by atoms with Crippen molar-refractivity contribution in [2.75, 3.05) is 13.1 Å². The SMILES string of the molecule is C=CCNC[C@H]1O[C@@H](C2CCCCC2)Cc2c1ccc(O)c2O.Cl. The van der Waals surface area contributed by atoms with E-state index in [0.717, 1.165) is 17.7 Å². The van der Waals surface area contributed by atoms with E-state index in [1.165, 1.54) is 32.1 Å². The van der Waals surface area contributed by atoms with Gasteiger partial charge in [0.25, 0.3) is 0 Å². The monoisotopic (exact) mass is 353 g/mol. The van der Waals surface area contributed by atoms with Gasteiger partial charge in [-0.05, 0) is 30.4 Å². The molecule has 1 aromatic carbocycles. The Hall–Kier alpha value is -1.23. The number of fused-ring (bicyclic) bond motifs is 1. The van der Waals surface area contributed by atoms with Crippen LogP contribution in [0.4, 0.5) is 0 Å². The molecule has 2 aliphatic rings. The number of rotatable bonds is 5. The summed E-state index contributed by atoms with van der Waals surface area (Å²) >= 11 is 0. The molecule has 0 spiro atoms. The second kappa shape index (κ2) is 8.75. The van der Waals surface area contributed by atoms with Gasteiger partial charge in [0.15, 0.2) is 11.5 Å². The van der Waals surface area contributed by atoms with Crippen molar-refractivity contribution >= 4 is 12.4 Å². The van der Waals surface area contributed by atoms with E-state index in [0.29, 0.717) is 18.9 Å². The van der Waals surface area contributed by atoms with E-state index in [-0.39, 0.29) is 36.1 Å². The fraction of sp³-hybridized carbons (Fsp3) is 0.579. The van der Waals surface area contributed by atoms with Crippen LogP contribution in [0.25, 0.3) is 0 Å². The zero-order chi connectivity index (χ0) is 16.2. The van der Waals surface area contributed by atoms with Gasteiger partial charge in [0.2, 0.25) is 0 Å². The summed E-state index contributed by atoms with van der Waals surface area (Å²) in [5.41, 5.74) is 1.85. The van der Waals surface area contributed by atoms with Crippen molar-refractivity contribution in [2.45, 2.75) is 50.7 Å². The van der Waals surface area contributed by atoms with Crippen LogP contribution in [-0.2, 0) is 11.2 Å². The first-order valence-electron chi connectivity index (χ1n) is 8.71. The Morgan fingerprint density at radius 2 is 1.96 bits per heavy atom. The zero-order valence-corrected chi connectivity index (χ0v) is 14.9. The summed E-state index contributed by atoms with van der Waals surface area (Å²) in [7, 11) is 0. The smallest absolute Gasteiger partial charge is 0.161 e. The van der Waals surface area contributed by atoms with Crippen LogP contribution in [0.2, 0.25) is 0 Å². The molecular formula is C19H28ClNO3. The minimum absolute atomic E-state index is 0. The number of phenols is 2. The lowest BCUT2D eigenvalue weighted by atomic mass is 9.80. The van der Waals surface area contributed by atoms with E-state index >= 15 is 0 Å². The lowest BCUT2D eigenvalue weighted by Crippen LogP contribution is -2.37. The molecule has 1 aliphatic carbocycles. The van der Waals surface area contributed by atoms with Crippen molar-refractivity contribution in [3.8, 4) is 11.5 Å². The van der Waals surface area contributed by atoms with E-state index < -0.39 is 0 Å². The van der Waals surface area contributed by atoms with E-state index in [2.05, 4.69) is 11.9 Å². The number of hydrogen-bond donors (Lipinski definition) is 3. The number of aromatic hydroxyl groups is 2. The van der Waals surface area contributed by atoms with Gasteiger partial charge in [0.1, 0.15) is 0 Å². The van der Waals surface area contributed by atoms with Gasteiger partial charge in [-0.25, -0.2) is 0 Å². The van der Waals surface area contributed by atoms with Gasteiger partial charge in [0.05, 0.1) is 12.2 Å². The molecule has 1 fully saturated rings. The summed E-state index contributed by atoms with van der Waals surface area (Å²) in [4.78, 5) is 0. The van der Waals surface area contributed by atoms with E-state index in [1.54, 1.807) is 6.07 Å². The topological polar surface area (TPSA) is 61.7 Å². The lowest BCUT2D eigenvalue weighted by Gasteiger charge is -2.38. The Balaban J connectivity index is 0.00000208. The number of hydrogen-bond acceptors (Lipinski definition) is 4. The van der Waals surface area contributed by atoms with Gasteiger partial charge >= 0.3 is 0 Å². The van der Waals surface area contributed by atoms with Crippen LogP contribution in [0.3, 0.4) is 0 Å². The lowest BCUT2D eigenvalue weighted by molar-refractivity contribution is -0.0623. The Morgan fingerprint density at radius 1 is 1.21 bits per heavy atom. The normalized spacial score (nSPS) is 24.0. The third kappa shape index (κ3) is 4.05. The highest BCUT2D eigenvalue weighted by Gasteiger charge is 2.34. The highest BCUT2D eigenvalue weighted by Crippen LogP contribution is 2.43. The van der Waals surface area contributed by atoms with Crippen LogP contribution in [0, 0.1) is 5.92 Å². The van der Waals surface area contributed by atoms with E-state index in [4.69, 9.17) is 4.74 Å². The Morgan fingerprint density at radius 3 is 2.67 bits per heavy atom. The first kappa shape index (κ1) is 19.1. The molecule has 3 N–H and O–H groups in total. The molecule has 2 atom stereocenters. The molecule has 1 aliphatic heterocycles. The number of benzene rings is 1. The molecule has 0 aromatic heterocycles. The quantitative estimate of drug-likeness (QED) is 0.427. The molecule has 0 saturated heterocycles. The highest BCUT2D eigenvalue weighted by atomic mass is 35.5. The summed E-state index contributed by atoms with van der Waals surface area (Å²) in [6.07, 6.45) is 8.82. The van der Waals surface area contributed by atoms with Crippen molar-refractivity contribution < 1.29 is 14.9 Å². The van der Waals surface area contributed by atoms with Crippen LogP contribution >= 0.6 is 12.4 Å². The summed E-state index contributed by atoms with van der Waals surface area (Å²) in [6, 6.07) is 3.43. The largest absolute Gasteiger partial charge is 0.504 e. The molecule has 0 amide bonds. The standard InChI is InChI=1S/C19H27NO3.ClH/c1-2-10-20-12-18-14-8-9-16(21)19(22)15(14)11-17(23-18)13-6-4-3-5-7-13;/h2,8-9,13,17-18,20-22H,1,3-7,10-12H2;1H/t17-,18-;/m1./s1. The van der Waals surface area contributed by atoms with Crippen molar-refractivity contribution in [3.63, 3.8) is 0 Å². The van der Waals surface area contributed by atoms with E-state index in [9.17, 15) is 10.2 Å². The third-order valence-corrected chi connectivity index (χ3v) is 5.18. The van der Waals surface area contributed by atoms with Crippen molar-refractivity contribution in [1.29, 1.82) is 0 Å². The number of phenolic OH excluding ortho intramolecular Hbond substituents is 2. The van der Waals surface area contributed by atoms with Crippen LogP contribution in [0.1, 0.15) is 49.3 Å². The molecule has 0 radical (unpaired) electrons. The zero-order valence-electron chi connectivity index (χ0n) is 14.0. The second-order valence-electron chi connectivity index (χ2n) is 6.71.